The van der Waals surface area contributed by atoms with Crippen LogP contribution in [-0.2, 0) is 50.4 Å². The molecule has 0 rings (SSSR count). The normalized spacial score (nSPS) is 11.6. The lowest BCUT2D eigenvalue weighted by Gasteiger charge is -1.95. The second-order valence-electron chi connectivity index (χ2n) is 0.687. The first kappa shape index (κ1) is 9.61. The SMILES string of the molecule is [3H]OOOOOOOOOOOO. The molecule has 0 heterocycles. The third kappa shape index (κ3) is 9.52. The zero-order chi connectivity index (χ0) is 9.78. The Kier molecular flexibility index (Phi) is 8.42. The van der Waals surface area contributed by atoms with E-state index in [-0.39, 0.29) is 0 Å². The van der Waals surface area contributed by atoms with Crippen LogP contribution in [-0.4, -0.2) is 10.5 Å². The molecule has 0 fully saturated rings. The first-order valence-electron chi connectivity index (χ1n) is 2.26. The average molecular weight is 196 g/mol. The quantitative estimate of drug-likeness (QED) is 0.260. The van der Waals surface area contributed by atoms with Gasteiger partial charge in [-0.1, -0.05) is 0 Å². The van der Waals surface area contributed by atoms with Crippen LogP contribution in [0.2, 0.25) is 0 Å². The number of rotatable bonds is 10. The maximum absolute atomic E-state index is 7.42. The second-order valence-corrected chi connectivity index (χ2v) is 0.687. The van der Waals surface area contributed by atoms with Gasteiger partial charge in [0.1, 0.15) is 0 Å². The van der Waals surface area contributed by atoms with Crippen molar-refractivity contribution in [2.45, 2.75) is 0 Å². The molecule has 0 unspecified atom stereocenters. The van der Waals surface area contributed by atoms with Crippen LogP contribution in [0.1, 0.15) is 0 Å². The Hall–Kier alpha value is -0.480. The van der Waals surface area contributed by atoms with E-state index in [2.05, 4.69) is 55.6 Å². The van der Waals surface area contributed by atoms with Crippen molar-refractivity contribution >= 4 is 0 Å². The lowest BCUT2D eigenvalue weighted by atomic mass is 14.1. The predicted molar refractivity (Wildman–Crippen MR) is 16.1 cm³/mol. The molecule has 0 aromatic carbocycles. The maximum atomic E-state index is 7.42. The largest absolute Gasteiger partial charge is 0.258 e. The van der Waals surface area contributed by atoms with E-state index in [9.17, 15) is 0 Å². The number of hydrogen-bond acceptors (Lipinski definition) is 12. The molecule has 0 radical (unpaired) electrons. The lowest BCUT2D eigenvalue weighted by Crippen LogP contribution is -2.01. The standard InChI is InChI=1S/H2O12/c1-3-5-7-9-11-12-10-8-6-4-2/h1-2H/i/hT. The van der Waals surface area contributed by atoms with Crippen molar-refractivity contribution in [3.05, 3.63) is 0 Å². The molecule has 0 saturated heterocycles. The summed E-state index contributed by atoms with van der Waals surface area (Å²) < 4.78 is 5.84. The predicted octanol–water partition coefficient (Wildman–Crippen LogP) is -0.667. The van der Waals surface area contributed by atoms with E-state index in [1.165, 1.54) is 0 Å². The summed E-state index contributed by atoms with van der Waals surface area (Å²) in [5.74, 6) is 0. The van der Waals surface area contributed by atoms with Crippen molar-refractivity contribution in [2.75, 3.05) is 0 Å². The molecule has 12 nitrogen and oxygen atoms in total. The smallest absolute Gasteiger partial charge is 0.219 e. The molecule has 0 amide bonds. The van der Waals surface area contributed by atoms with Crippen LogP contribution in [0, 0.1) is 0 Å². The van der Waals surface area contributed by atoms with E-state index in [1.807, 2.05) is 0 Å². The summed E-state index contributed by atoms with van der Waals surface area (Å²) in [6.07, 6.45) is 0. The van der Waals surface area contributed by atoms with Gasteiger partial charge >= 0.3 is 0 Å². The number of hydrogen-bond donors (Lipinski definition) is 2. The summed E-state index contributed by atoms with van der Waals surface area (Å²) >= 11 is 0. The van der Waals surface area contributed by atoms with Crippen LogP contribution < -0.4 is 0 Å². The van der Waals surface area contributed by atoms with Crippen LogP contribution >= 0.6 is 0 Å². The van der Waals surface area contributed by atoms with Gasteiger partial charge in [-0.2, -0.15) is 0 Å². The third-order valence-electron chi connectivity index (χ3n) is 0.253. The fourth-order valence-corrected chi connectivity index (χ4v) is 0.0918. The fourth-order valence-electron chi connectivity index (χ4n) is 0.0918. The highest BCUT2D eigenvalue weighted by Gasteiger charge is 1.94. The van der Waals surface area contributed by atoms with Gasteiger partial charge in [0.25, 0.3) is 1.43 Å². The highest BCUT2D eigenvalue weighted by atomic mass is 17.9. The Morgan fingerprint density at radius 2 is 1.08 bits per heavy atom. The molecular weight excluding hydrogens is 192 g/mol. The van der Waals surface area contributed by atoms with Gasteiger partial charge in [-0.05, 0) is 50.4 Å². The minimum Gasteiger partial charge on any atom is -0.219 e. The fraction of sp³-hybridized carbons (Fsp3) is 0. The van der Waals surface area contributed by atoms with Crippen molar-refractivity contribution < 1.29 is 60.9 Å². The van der Waals surface area contributed by atoms with Crippen LogP contribution in [0.25, 0.3) is 1.43 Å². The molecule has 0 bridgehead atoms. The molecule has 0 spiro atoms. The lowest BCUT2D eigenvalue weighted by molar-refractivity contribution is -0.862. The summed E-state index contributed by atoms with van der Waals surface area (Å²) in [6.45, 7) is 0. The Balaban J connectivity index is 2.76. The van der Waals surface area contributed by atoms with E-state index in [4.69, 9.17) is 6.69 Å². The molecule has 0 aromatic rings. The molecule has 12 heavy (non-hydrogen) atoms. The second kappa shape index (κ2) is 10.5. The Morgan fingerprint density at radius 1 is 0.667 bits per heavy atom. The summed E-state index contributed by atoms with van der Waals surface area (Å²) in [6, 6.07) is 0. The highest BCUT2D eigenvalue weighted by Crippen LogP contribution is 1.88. The Morgan fingerprint density at radius 3 is 1.50 bits per heavy atom. The van der Waals surface area contributed by atoms with E-state index in [0.717, 1.165) is 0 Å². The van der Waals surface area contributed by atoms with E-state index >= 15 is 0 Å². The summed E-state index contributed by atoms with van der Waals surface area (Å²) in [4.78, 5) is 0. The van der Waals surface area contributed by atoms with Crippen LogP contribution in [0.15, 0.2) is 0 Å². The minimum absolute atomic E-state index is 2.86. The highest BCUT2D eigenvalue weighted by molar-refractivity contribution is 3.03. The molecule has 0 aromatic heterocycles. The molecule has 2 N–H and O–H groups in total. The van der Waals surface area contributed by atoms with Gasteiger partial charge in [-0.3, -0.25) is 0 Å². The molecule has 0 aliphatic carbocycles. The Labute approximate surface area is 63.8 Å². The average Bonchev–Trinajstić information content (AvgIpc) is 2.16. The van der Waals surface area contributed by atoms with Gasteiger partial charge in [0, 0.05) is 0 Å². The molecular formula is H2O12. The minimum atomic E-state index is 2.86. The zero-order valence-corrected chi connectivity index (χ0v) is 4.94. The first-order valence-corrected chi connectivity index (χ1v) is 1.85. The molecule has 0 atom stereocenters. The summed E-state index contributed by atoms with van der Waals surface area (Å²) in [7, 11) is 0. The third-order valence-corrected chi connectivity index (χ3v) is 0.253. The van der Waals surface area contributed by atoms with E-state index in [0.29, 0.717) is 0 Å². The van der Waals surface area contributed by atoms with Gasteiger partial charge in [0.05, 0.1) is 0 Å². The Bertz CT molecular complexity index is 71.2. The van der Waals surface area contributed by atoms with Crippen LogP contribution in [0.3, 0.4) is 0 Å². The van der Waals surface area contributed by atoms with E-state index < -0.39 is 0 Å². The van der Waals surface area contributed by atoms with Crippen molar-refractivity contribution in [1.82, 2.24) is 0 Å². The van der Waals surface area contributed by atoms with Crippen molar-refractivity contribution in [1.29, 1.82) is 1.43 Å². The van der Waals surface area contributed by atoms with Gasteiger partial charge in [-0.15, -0.1) is 0 Å². The van der Waals surface area contributed by atoms with Gasteiger partial charge < -0.3 is 0 Å². The monoisotopic (exact) mass is 196 g/mol. The molecule has 0 aliphatic rings. The summed E-state index contributed by atoms with van der Waals surface area (Å²) in [5, 5.41) is 43.7. The maximum Gasteiger partial charge on any atom is 0.258 e. The first-order chi connectivity index (χ1) is 6.41. The van der Waals surface area contributed by atoms with Crippen molar-refractivity contribution in [2.24, 2.45) is 0 Å². The molecule has 0 aliphatic heterocycles. The molecule has 12 heteroatoms. The van der Waals surface area contributed by atoms with Crippen LogP contribution in [0.4, 0.5) is 0 Å². The van der Waals surface area contributed by atoms with Gasteiger partial charge in [0.15, 0.2) is 0 Å². The summed E-state index contributed by atoms with van der Waals surface area (Å²) in [5.41, 5.74) is 0. The van der Waals surface area contributed by atoms with Gasteiger partial charge in [0.2, 0.25) is 0 Å². The van der Waals surface area contributed by atoms with Crippen molar-refractivity contribution in [3.63, 3.8) is 0 Å². The molecule has 74 valence electrons. The van der Waals surface area contributed by atoms with E-state index in [1.54, 1.807) is 0 Å². The van der Waals surface area contributed by atoms with Crippen LogP contribution in [0.5, 0.6) is 0 Å². The topological polar surface area (TPSA) is 133 Å². The van der Waals surface area contributed by atoms with Gasteiger partial charge in [-0.25, -0.2) is 10.5 Å². The molecule has 0 saturated carbocycles. The van der Waals surface area contributed by atoms with Crippen molar-refractivity contribution in [3.8, 4) is 0 Å². The zero-order valence-electron chi connectivity index (χ0n) is 5.94.